The van der Waals surface area contributed by atoms with Crippen LogP contribution in [0.4, 0.5) is 0 Å². The third-order valence-corrected chi connectivity index (χ3v) is 4.02. The van der Waals surface area contributed by atoms with Crippen molar-refractivity contribution in [3.63, 3.8) is 0 Å². The van der Waals surface area contributed by atoms with Crippen molar-refractivity contribution in [2.24, 2.45) is 5.92 Å². The summed E-state index contributed by atoms with van der Waals surface area (Å²) in [6.45, 7) is 12.9. The highest BCUT2D eigenvalue weighted by Crippen LogP contribution is 2.22. The molecule has 90 valence electrons. The molecule has 0 aliphatic carbocycles. The molecule has 0 aromatic heterocycles. The molecule has 1 heterocycles. The molecule has 0 saturated carbocycles. The molecule has 0 amide bonds. The number of likely N-dealkylation sites (tertiary alicyclic amines) is 1. The number of nitrogens with zero attached hydrogens (tertiary/aromatic N) is 1. The largest absolute Gasteiger partial charge is 0.314 e. The molecular formula is C13H28N2. The van der Waals surface area contributed by atoms with Crippen molar-refractivity contribution in [1.29, 1.82) is 0 Å². The first-order valence-corrected chi connectivity index (χ1v) is 6.66. The molecule has 1 saturated heterocycles. The first kappa shape index (κ1) is 13.0. The van der Waals surface area contributed by atoms with Crippen LogP contribution in [0.15, 0.2) is 0 Å². The monoisotopic (exact) mass is 212 g/mol. The van der Waals surface area contributed by atoms with E-state index in [1.165, 1.54) is 32.4 Å². The summed E-state index contributed by atoms with van der Waals surface area (Å²) in [7, 11) is 0. The summed E-state index contributed by atoms with van der Waals surface area (Å²) in [6.07, 6.45) is 4.03. The average molecular weight is 212 g/mol. The second-order valence-corrected chi connectivity index (χ2v) is 4.98. The van der Waals surface area contributed by atoms with Crippen molar-refractivity contribution in [1.82, 2.24) is 10.2 Å². The molecular weight excluding hydrogens is 184 g/mol. The maximum absolute atomic E-state index is 3.55. The van der Waals surface area contributed by atoms with Crippen LogP contribution in [0.25, 0.3) is 0 Å². The normalized spacial score (nSPS) is 24.0. The summed E-state index contributed by atoms with van der Waals surface area (Å²) in [4.78, 5) is 2.65. The van der Waals surface area contributed by atoms with Gasteiger partial charge in [-0.15, -0.1) is 0 Å². The second-order valence-electron chi connectivity index (χ2n) is 4.98. The van der Waals surface area contributed by atoms with Crippen molar-refractivity contribution < 1.29 is 0 Å². The van der Waals surface area contributed by atoms with Crippen LogP contribution in [0, 0.1) is 5.92 Å². The second kappa shape index (κ2) is 6.49. The molecule has 15 heavy (non-hydrogen) atoms. The summed E-state index contributed by atoms with van der Waals surface area (Å²) < 4.78 is 0. The number of nitrogens with one attached hydrogen (secondary N) is 1. The van der Waals surface area contributed by atoms with Crippen molar-refractivity contribution >= 4 is 0 Å². The molecule has 2 unspecified atom stereocenters. The first-order chi connectivity index (χ1) is 7.19. The Bertz CT molecular complexity index is 162. The van der Waals surface area contributed by atoms with Crippen LogP contribution in [0.5, 0.6) is 0 Å². The topological polar surface area (TPSA) is 15.3 Å². The molecule has 0 spiro atoms. The van der Waals surface area contributed by atoms with Gasteiger partial charge in [-0.05, 0) is 58.7 Å². The molecule has 2 heteroatoms. The van der Waals surface area contributed by atoms with Crippen LogP contribution >= 0.6 is 0 Å². The summed E-state index contributed by atoms with van der Waals surface area (Å²) in [5.74, 6) is 0.894. The zero-order valence-corrected chi connectivity index (χ0v) is 10.9. The van der Waals surface area contributed by atoms with Crippen molar-refractivity contribution in [2.75, 3.05) is 19.6 Å². The zero-order valence-electron chi connectivity index (χ0n) is 10.9. The summed E-state index contributed by atoms with van der Waals surface area (Å²) in [6, 6.07) is 1.48. The van der Waals surface area contributed by atoms with Gasteiger partial charge < -0.3 is 10.2 Å². The lowest BCUT2D eigenvalue weighted by molar-refractivity contribution is 0.124. The molecule has 2 atom stereocenters. The first-order valence-electron chi connectivity index (χ1n) is 6.66. The van der Waals surface area contributed by atoms with E-state index in [0.717, 1.165) is 18.5 Å². The molecule has 0 radical (unpaired) electrons. The van der Waals surface area contributed by atoms with Crippen LogP contribution in [0.1, 0.15) is 47.0 Å². The Morgan fingerprint density at radius 2 is 1.80 bits per heavy atom. The van der Waals surface area contributed by atoms with Crippen molar-refractivity contribution in [3.8, 4) is 0 Å². The van der Waals surface area contributed by atoms with Gasteiger partial charge in [-0.25, -0.2) is 0 Å². The van der Waals surface area contributed by atoms with E-state index >= 15 is 0 Å². The van der Waals surface area contributed by atoms with Crippen LogP contribution in [0.2, 0.25) is 0 Å². The van der Waals surface area contributed by atoms with Gasteiger partial charge in [0.1, 0.15) is 0 Å². The minimum Gasteiger partial charge on any atom is -0.314 e. The van der Waals surface area contributed by atoms with E-state index in [4.69, 9.17) is 0 Å². The number of hydrogen-bond donors (Lipinski definition) is 1. The van der Waals surface area contributed by atoms with Crippen molar-refractivity contribution in [2.45, 2.75) is 59.0 Å². The lowest BCUT2D eigenvalue weighted by atomic mass is 9.89. The Labute approximate surface area is 95.4 Å². The maximum Gasteiger partial charge on any atom is 0.00678 e. The number of hydrogen-bond acceptors (Lipinski definition) is 2. The Morgan fingerprint density at radius 1 is 1.20 bits per heavy atom. The van der Waals surface area contributed by atoms with E-state index in [9.17, 15) is 0 Å². The summed E-state index contributed by atoms with van der Waals surface area (Å²) in [5.41, 5.74) is 0. The zero-order chi connectivity index (χ0) is 11.3. The molecule has 0 aromatic rings. The molecule has 0 bridgehead atoms. The fraction of sp³-hybridized carbons (Fsp3) is 1.00. The van der Waals surface area contributed by atoms with Gasteiger partial charge in [0.2, 0.25) is 0 Å². The Hall–Kier alpha value is -0.0800. The Balaban J connectivity index is 2.29. The molecule has 1 aliphatic rings. The fourth-order valence-electron chi connectivity index (χ4n) is 2.61. The molecule has 1 aliphatic heterocycles. The average Bonchev–Trinajstić information content (AvgIpc) is 2.28. The quantitative estimate of drug-likeness (QED) is 0.753. The van der Waals surface area contributed by atoms with E-state index in [0.29, 0.717) is 6.04 Å². The maximum atomic E-state index is 3.55. The summed E-state index contributed by atoms with van der Waals surface area (Å²) >= 11 is 0. The van der Waals surface area contributed by atoms with E-state index < -0.39 is 0 Å². The van der Waals surface area contributed by atoms with E-state index in [1.807, 2.05) is 0 Å². The van der Waals surface area contributed by atoms with E-state index in [-0.39, 0.29) is 0 Å². The SMILES string of the molecule is CCNC(C)C1CCN(C(C)CC)CC1. The third-order valence-electron chi connectivity index (χ3n) is 4.02. The fourth-order valence-corrected chi connectivity index (χ4v) is 2.61. The van der Waals surface area contributed by atoms with Crippen LogP contribution < -0.4 is 5.32 Å². The minimum absolute atomic E-state index is 0.703. The lowest BCUT2D eigenvalue weighted by Crippen LogP contribution is -2.44. The van der Waals surface area contributed by atoms with Crippen LogP contribution in [0.3, 0.4) is 0 Å². The van der Waals surface area contributed by atoms with Gasteiger partial charge in [-0.3, -0.25) is 0 Å². The Kier molecular flexibility index (Phi) is 5.62. The standard InChI is InChI=1S/C13H28N2/c1-5-11(3)15-9-7-13(8-10-15)12(4)14-6-2/h11-14H,5-10H2,1-4H3. The van der Waals surface area contributed by atoms with Gasteiger partial charge >= 0.3 is 0 Å². The van der Waals surface area contributed by atoms with Gasteiger partial charge in [-0.1, -0.05) is 13.8 Å². The molecule has 1 fully saturated rings. The lowest BCUT2D eigenvalue weighted by Gasteiger charge is -2.38. The number of rotatable bonds is 5. The molecule has 2 nitrogen and oxygen atoms in total. The molecule has 1 rings (SSSR count). The summed E-state index contributed by atoms with van der Waals surface area (Å²) in [5, 5.41) is 3.55. The smallest absolute Gasteiger partial charge is 0.00678 e. The van der Waals surface area contributed by atoms with Gasteiger partial charge in [0.25, 0.3) is 0 Å². The van der Waals surface area contributed by atoms with Gasteiger partial charge in [0.05, 0.1) is 0 Å². The van der Waals surface area contributed by atoms with Gasteiger partial charge in [0.15, 0.2) is 0 Å². The van der Waals surface area contributed by atoms with Crippen LogP contribution in [-0.2, 0) is 0 Å². The van der Waals surface area contributed by atoms with Crippen molar-refractivity contribution in [3.05, 3.63) is 0 Å². The highest BCUT2D eigenvalue weighted by molar-refractivity contribution is 4.81. The van der Waals surface area contributed by atoms with Crippen LogP contribution in [-0.4, -0.2) is 36.6 Å². The highest BCUT2D eigenvalue weighted by atomic mass is 15.2. The highest BCUT2D eigenvalue weighted by Gasteiger charge is 2.24. The van der Waals surface area contributed by atoms with E-state index in [2.05, 4.69) is 37.9 Å². The minimum atomic E-state index is 0.703. The van der Waals surface area contributed by atoms with Gasteiger partial charge in [-0.2, -0.15) is 0 Å². The number of piperidine rings is 1. The predicted molar refractivity (Wildman–Crippen MR) is 67.2 cm³/mol. The third kappa shape index (κ3) is 3.76. The Morgan fingerprint density at radius 3 is 2.27 bits per heavy atom. The van der Waals surface area contributed by atoms with E-state index in [1.54, 1.807) is 0 Å². The molecule has 1 N–H and O–H groups in total. The molecule has 0 aromatic carbocycles. The van der Waals surface area contributed by atoms with Gasteiger partial charge in [0, 0.05) is 12.1 Å². The predicted octanol–water partition coefficient (Wildman–Crippen LogP) is 2.49.